The molecule has 2 N–H and O–H groups in total. The second-order valence-corrected chi connectivity index (χ2v) is 15.5. The molecule has 0 amide bonds. The summed E-state index contributed by atoms with van der Waals surface area (Å²) in [4.78, 5) is 13.4. The van der Waals surface area contributed by atoms with Gasteiger partial charge >= 0.3 is 0 Å². The average Bonchev–Trinajstić information content (AvgIpc) is 3.78. The zero-order valence-corrected chi connectivity index (χ0v) is 34.8. The molecule has 6 heteroatoms. The molecule has 0 saturated carbocycles. The van der Waals surface area contributed by atoms with E-state index in [9.17, 15) is 0 Å². The normalized spacial score (nSPS) is 11.0. The topological polar surface area (TPSA) is 63.2 Å². The van der Waals surface area contributed by atoms with Crippen molar-refractivity contribution in [3.8, 4) is 50.5 Å². The molecule has 0 fully saturated rings. The average molecular weight is 813 g/mol. The van der Waals surface area contributed by atoms with Crippen LogP contribution in [0.15, 0.2) is 237 Å². The lowest BCUT2D eigenvalue weighted by atomic mass is 10.0. The van der Waals surface area contributed by atoms with Gasteiger partial charge in [0.1, 0.15) is 0 Å². The summed E-state index contributed by atoms with van der Waals surface area (Å²) >= 11 is 0. The SMILES string of the molecule is Cc1cc(N(c2ccc(-c3ccccc3)cc2)c2cccnc2)ccc1-c1ccc(-c2ccc(N(c3ccc(-c4ccccc4)cc3)c3cccnc3)cc2N)n1-c1ccccc1. The van der Waals surface area contributed by atoms with Crippen molar-refractivity contribution in [3.05, 3.63) is 243 Å². The Bertz CT molecular complexity index is 2900. The number of anilines is 7. The first-order valence-corrected chi connectivity index (χ1v) is 21.1. The number of hydrogen-bond acceptors (Lipinski definition) is 5. The van der Waals surface area contributed by atoms with Crippen LogP contribution in [0.2, 0.25) is 0 Å². The maximum atomic E-state index is 7.11. The van der Waals surface area contributed by atoms with Gasteiger partial charge in [-0.3, -0.25) is 9.97 Å². The first-order valence-electron chi connectivity index (χ1n) is 21.1. The number of aromatic nitrogens is 3. The standard InChI is InChI=1S/C57H44N6/c1-41-37-49(61(51-19-11-35-59-39-51)47-25-21-44(22-26-47)42-13-5-2-6-14-42)29-31-53(41)56-33-34-57(63(56)46-17-9-4-10-18-46)54-32-30-50(38-55(54)58)62(52-20-12-36-60-40-52)48-27-23-45(24-28-48)43-15-7-3-8-16-43/h2-40H,58H2,1H3. The molecule has 10 aromatic rings. The Morgan fingerprint density at radius 3 is 1.27 bits per heavy atom. The van der Waals surface area contributed by atoms with Crippen molar-refractivity contribution in [2.24, 2.45) is 0 Å². The molecular formula is C57H44N6. The quantitative estimate of drug-likeness (QED) is 0.132. The summed E-state index contributed by atoms with van der Waals surface area (Å²) in [6, 6.07) is 74.3. The summed E-state index contributed by atoms with van der Waals surface area (Å²) in [5, 5.41) is 0. The van der Waals surface area contributed by atoms with Crippen molar-refractivity contribution in [1.29, 1.82) is 0 Å². The smallest absolute Gasteiger partial charge is 0.0644 e. The fraction of sp³-hybridized carbons (Fsp3) is 0.0175. The van der Waals surface area contributed by atoms with Gasteiger partial charge in [0.15, 0.2) is 0 Å². The lowest BCUT2D eigenvalue weighted by Crippen LogP contribution is -2.11. The van der Waals surface area contributed by atoms with Crippen molar-refractivity contribution in [3.63, 3.8) is 0 Å². The molecule has 3 aromatic heterocycles. The fourth-order valence-electron chi connectivity index (χ4n) is 8.44. The zero-order chi connectivity index (χ0) is 42.5. The Morgan fingerprint density at radius 2 is 0.810 bits per heavy atom. The molecule has 0 saturated heterocycles. The minimum atomic E-state index is 0.668. The van der Waals surface area contributed by atoms with E-state index >= 15 is 0 Å². The van der Waals surface area contributed by atoms with Crippen molar-refractivity contribution in [1.82, 2.24) is 14.5 Å². The third kappa shape index (κ3) is 7.85. The van der Waals surface area contributed by atoms with Crippen LogP contribution in [0.5, 0.6) is 0 Å². The van der Waals surface area contributed by atoms with Crippen LogP contribution in [0.3, 0.4) is 0 Å². The van der Waals surface area contributed by atoms with Crippen molar-refractivity contribution in [2.45, 2.75) is 6.92 Å². The van der Waals surface area contributed by atoms with E-state index < -0.39 is 0 Å². The number of nitrogens with two attached hydrogens (primary N) is 1. The second-order valence-electron chi connectivity index (χ2n) is 15.5. The summed E-state index contributed by atoms with van der Waals surface area (Å²) in [6.07, 6.45) is 7.40. The van der Waals surface area contributed by atoms with E-state index in [0.29, 0.717) is 5.69 Å². The Kier molecular flexibility index (Phi) is 10.6. The molecule has 3 heterocycles. The van der Waals surface area contributed by atoms with Gasteiger partial charge in [0.05, 0.1) is 35.2 Å². The number of nitrogen functional groups attached to an aromatic ring is 1. The lowest BCUT2D eigenvalue weighted by molar-refractivity contribution is 1.09. The molecule has 302 valence electrons. The minimum Gasteiger partial charge on any atom is -0.398 e. The monoisotopic (exact) mass is 812 g/mol. The lowest BCUT2D eigenvalue weighted by Gasteiger charge is -2.26. The summed E-state index contributed by atoms with van der Waals surface area (Å²) in [5.74, 6) is 0. The van der Waals surface area contributed by atoms with Crippen molar-refractivity contribution < 1.29 is 0 Å². The van der Waals surface area contributed by atoms with Crippen LogP contribution in [-0.4, -0.2) is 14.5 Å². The number of hydrogen-bond donors (Lipinski definition) is 1. The van der Waals surface area contributed by atoms with Crippen molar-refractivity contribution >= 4 is 39.8 Å². The predicted molar refractivity (Wildman–Crippen MR) is 262 cm³/mol. The van der Waals surface area contributed by atoms with Crippen LogP contribution in [0.1, 0.15) is 5.56 Å². The predicted octanol–water partition coefficient (Wildman–Crippen LogP) is 14.8. The van der Waals surface area contributed by atoms with E-state index in [2.05, 4.69) is 213 Å². The largest absolute Gasteiger partial charge is 0.398 e. The fourth-order valence-corrected chi connectivity index (χ4v) is 8.44. The summed E-state index contributed by atoms with van der Waals surface area (Å²) < 4.78 is 2.32. The van der Waals surface area contributed by atoms with Gasteiger partial charge in [0.2, 0.25) is 0 Å². The highest BCUT2D eigenvalue weighted by Crippen LogP contribution is 2.43. The number of benzene rings is 7. The van der Waals surface area contributed by atoms with E-state index in [1.807, 2.05) is 48.9 Å². The van der Waals surface area contributed by atoms with Gasteiger partial charge in [0.25, 0.3) is 0 Å². The maximum Gasteiger partial charge on any atom is 0.0644 e. The van der Waals surface area contributed by atoms with Crippen LogP contribution < -0.4 is 15.5 Å². The highest BCUT2D eigenvalue weighted by atomic mass is 15.2. The van der Waals surface area contributed by atoms with Gasteiger partial charge in [0, 0.05) is 57.6 Å². The zero-order valence-electron chi connectivity index (χ0n) is 34.8. The van der Waals surface area contributed by atoms with Crippen LogP contribution in [-0.2, 0) is 0 Å². The number of nitrogens with zero attached hydrogens (tertiary/aromatic N) is 5. The van der Waals surface area contributed by atoms with Gasteiger partial charge in [-0.15, -0.1) is 0 Å². The van der Waals surface area contributed by atoms with Gasteiger partial charge in [-0.25, -0.2) is 0 Å². The molecule has 7 aromatic carbocycles. The van der Waals surface area contributed by atoms with E-state index in [4.69, 9.17) is 5.73 Å². The highest BCUT2D eigenvalue weighted by molar-refractivity contribution is 5.87. The van der Waals surface area contributed by atoms with Gasteiger partial charge in [-0.05, 0) is 138 Å². The molecule has 0 aliphatic rings. The molecule has 0 radical (unpaired) electrons. The second kappa shape index (κ2) is 17.2. The number of aryl methyl sites for hydroxylation is 1. The number of para-hydroxylation sites is 1. The van der Waals surface area contributed by atoms with Crippen LogP contribution in [0, 0.1) is 6.92 Å². The molecule has 0 aliphatic heterocycles. The van der Waals surface area contributed by atoms with Gasteiger partial charge in [-0.1, -0.05) is 109 Å². The molecule has 0 aliphatic carbocycles. The summed E-state index contributed by atoms with van der Waals surface area (Å²) in [6.45, 7) is 2.18. The Labute approximate surface area is 368 Å². The molecule has 0 spiro atoms. The van der Waals surface area contributed by atoms with E-state index in [1.54, 1.807) is 6.20 Å². The molecule has 0 unspecified atom stereocenters. The van der Waals surface area contributed by atoms with E-state index in [1.165, 1.54) is 16.7 Å². The molecular weight excluding hydrogens is 769 g/mol. The maximum absolute atomic E-state index is 7.11. The summed E-state index contributed by atoms with van der Waals surface area (Å²) in [7, 11) is 0. The molecule has 6 nitrogen and oxygen atoms in total. The van der Waals surface area contributed by atoms with Crippen LogP contribution >= 0.6 is 0 Å². The minimum absolute atomic E-state index is 0.668. The number of rotatable bonds is 11. The third-order valence-corrected chi connectivity index (χ3v) is 11.5. The van der Waals surface area contributed by atoms with Crippen molar-refractivity contribution in [2.75, 3.05) is 15.5 Å². The molecule has 10 rings (SSSR count). The van der Waals surface area contributed by atoms with Crippen LogP contribution in [0.25, 0.3) is 50.5 Å². The first kappa shape index (κ1) is 38.7. The van der Waals surface area contributed by atoms with Crippen LogP contribution in [0.4, 0.5) is 39.8 Å². The Balaban J connectivity index is 1.02. The van der Waals surface area contributed by atoms with E-state index in [0.717, 1.165) is 73.5 Å². The highest BCUT2D eigenvalue weighted by Gasteiger charge is 2.21. The third-order valence-electron chi connectivity index (χ3n) is 11.5. The Hall–Kier alpha value is -8.48. The molecule has 0 atom stereocenters. The first-order chi connectivity index (χ1) is 31.1. The molecule has 0 bridgehead atoms. The van der Waals surface area contributed by atoms with E-state index in [-0.39, 0.29) is 0 Å². The van der Waals surface area contributed by atoms with Gasteiger partial charge in [-0.2, -0.15) is 0 Å². The Morgan fingerprint density at radius 1 is 0.381 bits per heavy atom. The number of pyridine rings is 2. The van der Waals surface area contributed by atoms with Gasteiger partial charge < -0.3 is 20.1 Å². The molecule has 63 heavy (non-hydrogen) atoms. The summed E-state index contributed by atoms with van der Waals surface area (Å²) in [5.41, 5.74) is 24.8.